The van der Waals surface area contributed by atoms with E-state index in [-0.39, 0.29) is 6.42 Å². The van der Waals surface area contributed by atoms with Gasteiger partial charge in [0.1, 0.15) is 11.9 Å². The first kappa shape index (κ1) is 13.9. The Balaban J connectivity index is 2.61. The number of carbonyl (C=O) groups is 1. The van der Waals surface area contributed by atoms with E-state index < -0.39 is 12.1 Å². The minimum Gasteiger partial charge on any atom is -0.481 e. The van der Waals surface area contributed by atoms with Crippen molar-refractivity contribution < 1.29 is 14.6 Å². The number of carboxylic acids is 1. The molecular weight excluding hydrogens is 234 g/mol. The molecule has 6 heteroatoms. The molecule has 0 aliphatic heterocycles. The summed E-state index contributed by atoms with van der Waals surface area (Å²) in [5, 5.41) is 20.5. The largest absolute Gasteiger partial charge is 0.481 e. The van der Waals surface area contributed by atoms with Crippen molar-refractivity contribution in [1.29, 1.82) is 5.26 Å². The summed E-state index contributed by atoms with van der Waals surface area (Å²) in [6.07, 6.45) is 1.03. The topological polar surface area (TPSA) is 95.2 Å². The summed E-state index contributed by atoms with van der Waals surface area (Å²) >= 11 is 0. The Hall–Kier alpha value is -2.13. The zero-order valence-electron chi connectivity index (χ0n) is 10.1. The van der Waals surface area contributed by atoms with Crippen LogP contribution < -0.4 is 5.32 Å². The van der Waals surface area contributed by atoms with E-state index in [2.05, 4.69) is 10.3 Å². The van der Waals surface area contributed by atoms with Crippen LogP contribution in [0.5, 0.6) is 0 Å². The van der Waals surface area contributed by atoms with Crippen LogP contribution in [-0.2, 0) is 9.53 Å². The summed E-state index contributed by atoms with van der Waals surface area (Å²) in [4.78, 5) is 14.7. The average Bonchev–Trinajstić information content (AvgIpc) is 2.36. The number of carboxylic acid groups (broad SMARTS) is 1. The minimum atomic E-state index is -0.920. The molecular formula is C12H15N3O3. The summed E-state index contributed by atoms with van der Waals surface area (Å²) in [6.45, 7) is 2.54. The van der Waals surface area contributed by atoms with E-state index in [0.29, 0.717) is 24.5 Å². The molecule has 1 unspecified atom stereocenters. The van der Waals surface area contributed by atoms with Crippen molar-refractivity contribution in [2.45, 2.75) is 19.4 Å². The number of aliphatic carboxylic acids is 1. The summed E-state index contributed by atoms with van der Waals surface area (Å²) in [5.41, 5.74) is 0.420. The number of hydrogen-bond donors (Lipinski definition) is 2. The maximum Gasteiger partial charge on any atom is 0.306 e. The van der Waals surface area contributed by atoms with Crippen molar-refractivity contribution in [3.05, 3.63) is 23.9 Å². The summed E-state index contributed by atoms with van der Waals surface area (Å²) in [5.74, 6) is -0.480. The number of pyridine rings is 1. The fraction of sp³-hybridized carbons (Fsp3) is 0.417. The Labute approximate surface area is 105 Å². The van der Waals surface area contributed by atoms with Crippen LogP contribution in [0.2, 0.25) is 0 Å². The van der Waals surface area contributed by atoms with E-state index in [1.54, 1.807) is 25.3 Å². The van der Waals surface area contributed by atoms with Gasteiger partial charge in [-0.3, -0.25) is 4.79 Å². The number of nitriles is 1. The molecule has 2 N–H and O–H groups in total. The molecule has 1 rings (SSSR count). The standard InChI is InChI=1S/C12H15N3O3/c1-2-18-10(6-11(16)17)8-15-12-9(7-13)4-3-5-14-12/h3-5,10H,2,6,8H2,1H3,(H,14,15)(H,16,17). The number of hydrogen-bond acceptors (Lipinski definition) is 5. The molecule has 1 aromatic heterocycles. The van der Waals surface area contributed by atoms with Gasteiger partial charge >= 0.3 is 5.97 Å². The van der Waals surface area contributed by atoms with Gasteiger partial charge in [0.15, 0.2) is 0 Å². The lowest BCUT2D eigenvalue weighted by molar-refractivity contribution is -0.139. The Morgan fingerprint density at radius 3 is 3.11 bits per heavy atom. The molecule has 1 heterocycles. The van der Waals surface area contributed by atoms with Crippen molar-refractivity contribution in [3.8, 4) is 6.07 Å². The van der Waals surface area contributed by atoms with Gasteiger partial charge in [0.05, 0.1) is 18.1 Å². The summed E-state index contributed by atoms with van der Waals surface area (Å²) < 4.78 is 5.29. The molecule has 0 aromatic carbocycles. The molecule has 0 saturated heterocycles. The Morgan fingerprint density at radius 2 is 2.50 bits per heavy atom. The van der Waals surface area contributed by atoms with E-state index >= 15 is 0 Å². The van der Waals surface area contributed by atoms with Gasteiger partial charge in [-0.2, -0.15) is 5.26 Å². The van der Waals surface area contributed by atoms with Gasteiger partial charge in [-0.05, 0) is 19.1 Å². The third kappa shape index (κ3) is 4.39. The van der Waals surface area contributed by atoms with Crippen molar-refractivity contribution >= 4 is 11.8 Å². The number of ether oxygens (including phenoxy) is 1. The fourth-order valence-electron chi connectivity index (χ4n) is 1.47. The highest BCUT2D eigenvalue weighted by molar-refractivity contribution is 5.67. The van der Waals surface area contributed by atoms with Crippen LogP contribution in [0.1, 0.15) is 18.9 Å². The number of rotatable bonds is 7. The zero-order chi connectivity index (χ0) is 13.4. The van der Waals surface area contributed by atoms with Gasteiger partial charge in [0.25, 0.3) is 0 Å². The minimum absolute atomic E-state index is 0.0877. The number of aromatic nitrogens is 1. The summed E-state index contributed by atoms with van der Waals surface area (Å²) in [6, 6.07) is 5.32. The van der Waals surface area contributed by atoms with Crippen LogP contribution in [0.4, 0.5) is 5.82 Å². The van der Waals surface area contributed by atoms with Gasteiger partial charge in [-0.25, -0.2) is 4.98 Å². The predicted molar refractivity (Wildman–Crippen MR) is 65.1 cm³/mol. The second-order valence-electron chi connectivity index (χ2n) is 3.57. The molecule has 1 atom stereocenters. The van der Waals surface area contributed by atoms with Crippen molar-refractivity contribution in [2.24, 2.45) is 0 Å². The first-order valence-corrected chi connectivity index (χ1v) is 5.59. The van der Waals surface area contributed by atoms with Gasteiger partial charge in [0, 0.05) is 19.3 Å². The molecule has 0 amide bonds. The Bertz CT molecular complexity index is 442. The normalized spacial score (nSPS) is 11.6. The molecule has 6 nitrogen and oxygen atoms in total. The van der Waals surface area contributed by atoms with E-state index in [0.717, 1.165) is 0 Å². The van der Waals surface area contributed by atoms with Gasteiger partial charge < -0.3 is 15.2 Å². The smallest absolute Gasteiger partial charge is 0.306 e. The zero-order valence-corrected chi connectivity index (χ0v) is 10.1. The average molecular weight is 249 g/mol. The third-order valence-corrected chi connectivity index (χ3v) is 2.23. The number of nitrogens with zero attached hydrogens (tertiary/aromatic N) is 2. The molecule has 18 heavy (non-hydrogen) atoms. The van der Waals surface area contributed by atoms with E-state index in [9.17, 15) is 4.79 Å². The van der Waals surface area contributed by atoms with E-state index in [1.165, 1.54) is 0 Å². The molecule has 96 valence electrons. The second-order valence-corrected chi connectivity index (χ2v) is 3.57. The quantitative estimate of drug-likeness (QED) is 0.755. The highest BCUT2D eigenvalue weighted by Gasteiger charge is 2.14. The molecule has 0 fully saturated rings. The monoisotopic (exact) mass is 249 g/mol. The lowest BCUT2D eigenvalue weighted by Crippen LogP contribution is -2.26. The third-order valence-electron chi connectivity index (χ3n) is 2.23. The molecule has 0 bridgehead atoms. The molecule has 0 radical (unpaired) electrons. The van der Waals surface area contributed by atoms with Gasteiger partial charge in [-0.1, -0.05) is 0 Å². The van der Waals surface area contributed by atoms with Crippen LogP contribution in [0, 0.1) is 11.3 Å². The van der Waals surface area contributed by atoms with Crippen molar-refractivity contribution in [1.82, 2.24) is 4.98 Å². The van der Waals surface area contributed by atoms with Crippen molar-refractivity contribution in [3.63, 3.8) is 0 Å². The van der Waals surface area contributed by atoms with Crippen LogP contribution in [-0.4, -0.2) is 35.3 Å². The SMILES string of the molecule is CCOC(CNc1ncccc1C#N)CC(=O)O. The lowest BCUT2D eigenvalue weighted by Gasteiger charge is -2.16. The van der Waals surface area contributed by atoms with Crippen LogP contribution in [0.15, 0.2) is 18.3 Å². The maximum absolute atomic E-state index is 10.6. The maximum atomic E-state index is 10.6. The van der Waals surface area contributed by atoms with Crippen LogP contribution in [0.3, 0.4) is 0 Å². The Kier molecular flexibility index (Phi) is 5.61. The van der Waals surface area contributed by atoms with Crippen LogP contribution >= 0.6 is 0 Å². The fourth-order valence-corrected chi connectivity index (χ4v) is 1.47. The lowest BCUT2D eigenvalue weighted by atomic mass is 10.2. The molecule has 0 aliphatic carbocycles. The second kappa shape index (κ2) is 7.25. The number of anilines is 1. The molecule has 0 saturated carbocycles. The van der Waals surface area contributed by atoms with E-state index in [4.69, 9.17) is 15.1 Å². The Morgan fingerprint density at radius 1 is 1.72 bits per heavy atom. The summed E-state index contributed by atoms with van der Waals surface area (Å²) in [7, 11) is 0. The van der Waals surface area contributed by atoms with E-state index in [1.807, 2.05) is 6.07 Å². The highest BCUT2D eigenvalue weighted by Crippen LogP contribution is 2.10. The van der Waals surface area contributed by atoms with Crippen LogP contribution in [0.25, 0.3) is 0 Å². The first-order valence-electron chi connectivity index (χ1n) is 5.59. The van der Waals surface area contributed by atoms with Crippen molar-refractivity contribution in [2.75, 3.05) is 18.5 Å². The highest BCUT2D eigenvalue weighted by atomic mass is 16.5. The molecule has 0 aliphatic rings. The number of nitrogens with one attached hydrogen (secondary N) is 1. The molecule has 1 aromatic rings. The van der Waals surface area contributed by atoms with Gasteiger partial charge in [0.2, 0.25) is 0 Å². The first-order chi connectivity index (χ1) is 8.67. The molecule has 0 spiro atoms. The van der Waals surface area contributed by atoms with Gasteiger partial charge in [-0.15, -0.1) is 0 Å². The predicted octanol–water partition coefficient (Wildman–Crippen LogP) is 1.24.